The minimum absolute atomic E-state index is 0.0580. The predicted octanol–water partition coefficient (Wildman–Crippen LogP) is 3.26. The fourth-order valence-electron chi connectivity index (χ4n) is 1.93. The number of carbonyl (C=O) groups excluding carboxylic acids is 1. The summed E-state index contributed by atoms with van der Waals surface area (Å²) >= 11 is 6.08. The third kappa shape index (κ3) is 5.94. The Morgan fingerprint density at radius 1 is 1.43 bits per heavy atom. The van der Waals surface area contributed by atoms with E-state index in [0.29, 0.717) is 18.1 Å². The SMILES string of the molecule is CCCNC(C)c1cc(Cl)ccc1OCCC(=O)N(C)C. The molecule has 1 aromatic rings. The zero-order valence-corrected chi connectivity index (χ0v) is 14.0. The molecule has 4 nitrogen and oxygen atoms in total. The minimum atomic E-state index is 0.0580. The first-order valence-electron chi connectivity index (χ1n) is 7.31. The quantitative estimate of drug-likeness (QED) is 0.801. The lowest BCUT2D eigenvalue weighted by Gasteiger charge is -2.19. The van der Waals surface area contributed by atoms with Gasteiger partial charge in [0.1, 0.15) is 5.75 Å². The van der Waals surface area contributed by atoms with Gasteiger partial charge < -0.3 is 15.0 Å². The first-order chi connectivity index (χ1) is 9.95. The molecule has 0 aliphatic heterocycles. The van der Waals surface area contributed by atoms with Crippen LogP contribution in [0, 0.1) is 0 Å². The number of carbonyl (C=O) groups is 1. The first-order valence-corrected chi connectivity index (χ1v) is 7.69. The van der Waals surface area contributed by atoms with Crippen LogP contribution >= 0.6 is 11.6 Å². The highest BCUT2D eigenvalue weighted by Gasteiger charge is 2.13. The number of nitrogens with one attached hydrogen (secondary N) is 1. The molecule has 1 rings (SSSR count). The Hall–Kier alpha value is -1.26. The Labute approximate surface area is 132 Å². The maximum absolute atomic E-state index is 11.6. The summed E-state index contributed by atoms with van der Waals surface area (Å²) in [5.41, 5.74) is 1.02. The summed E-state index contributed by atoms with van der Waals surface area (Å²) in [6, 6.07) is 5.74. The molecule has 1 atom stereocenters. The van der Waals surface area contributed by atoms with Crippen LogP contribution in [0.2, 0.25) is 5.02 Å². The van der Waals surface area contributed by atoms with Gasteiger partial charge in [-0.05, 0) is 38.1 Å². The average molecular weight is 313 g/mol. The second kappa shape index (κ2) is 8.90. The van der Waals surface area contributed by atoms with Gasteiger partial charge in [-0.2, -0.15) is 0 Å². The summed E-state index contributed by atoms with van der Waals surface area (Å²) in [7, 11) is 3.49. The molecule has 5 heteroatoms. The number of rotatable bonds is 8. The lowest BCUT2D eigenvalue weighted by atomic mass is 10.1. The predicted molar refractivity (Wildman–Crippen MR) is 87.0 cm³/mol. The van der Waals surface area contributed by atoms with Crippen molar-refractivity contribution in [1.82, 2.24) is 10.2 Å². The van der Waals surface area contributed by atoms with Crippen molar-refractivity contribution in [2.24, 2.45) is 0 Å². The molecule has 0 saturated carbocycles. The van der Waals surface area contributed by atoms with Crippen LogP contribution in [0.5, 0.6) is 5.75 Å². The fourth-order valence-corrected chi connectivity index (χ4v) is 2.11. The topological polar surface area (TPSA) is 41.6 Å². The van der Waals surface area contributed by atoms with Crippen molar-refractivity contribution in [3.63, 3.8) is 0 Å². The van der Waals surface area contributed by atoms with Crippen LogP contribution in [-0.2, 0) is 4.79 Å². The summed E-state index contributed by atoms with van der Waals surface area (Å²) in [6.45, 7) is 5.51. The minimum Gasteiger partial charge on any atom is -0.493 e. The number of hydrogen-bond acceptors (Lipinski definition) is 3. The molecule has 0 aliphatic carbocycles. The lowest BCUT2D eigenvalue weighted by molar-refractivity contribution is -0.129. The number of halogens is 1. The molecule has 0 bridgehead atoms. The molecule has 21 heavy (non-hydrogen) atoms. The fraction of sp³-hybridized carbons (Fsp3) is 0.562. The molecular weight excluding hydrogens is 288 g/mol. The van der Waals surface area contributed by atoms with Crippen molar-refractivity contribution in [2.45, 2.75) is 32.7 Å². The molecule has 0 heterocycles. The molecule has 0 radical (unpaired) electrons. The number of benzene rings is 1. The van der Waals surface area contributed by atoms with Crippen LogP contribution in [0.25, 0.3) is 0 Å². The lowest BCUT2D eigenvalue weighted by Crippen LogP contribution is -2.24. The van der Waals surface area contributed by atoms with Crippen LogP contribution in [0.4, 0.5) is 0 Å². The van der Waals surface area contributed by atoms with Crippen LogP contribution in [0.15, 0.2) is 18.2 Å². The van der Waals surface area contributed by atoms with E-state index < -0.39 is 0 Å². The summed E-state index contributed by atoms with van der Waals surface area (Å²) < 4.78 is 5.77. The van der Waals surface area contributed by atoms with Gasteiger partial charge in [0, 0.05) is 30.7 Å². The summed E-state index contributed by atoms with van der Waals surface area (Å²) in [4.78, 5) is 13.1. The van der Waals surface area contributed by atoms with Gasteiger partial charge in [-0.25, -0.2) is 0 Å². The largest absolute Gasteiger partial charge is 0.493 e. The number of amides is 1. The van der Waals surface area contributed by atoms with Gasteiger partial charge in [-0.3, -0.25) is 4.79 Å². The van der Waals surface area contributed by atoms with Crippen LogP contribution in [-0.4, -0.2) is 38.1 Å². The van der Waals surface area contributed by atoms with Crippen molar-refractivity contribution in [3.05, 3.63) is 28.8 Å². The molecule has 0 aromatic heterocycles. The van der Waals surface area contributed by atoms with Gasteiger partial charge in [-0.15, -0.1) is 0 Å². The molecule has 0 fully saturated rings. The van der Waals surface area contributed by atoms with E-state index in [9.17, 15) is 4.79 Å². The normalized spacial score (nSPS) is 12.0. The second-order valence-corrected chi connectivity index (χ2v) is 5.68. The van der Waals surface area contributed by atoms with Crippen molar-refractivity contribution >= 4 is 17.5 Å². The summed E-state index contributed by atoms with van der Waals surface area (Å²) in [5.74, 6) is 0.838. The van der Waals surface area contributed by atoms with Gasteiger partial charge in [0.25, 0.3) is 0 Å². The maximum Gasteiger partial charge on any atom is 0.225 e. The van der Waals surface area contributed by atoms with Gasteiger partial charge in [0.15, 0.2) is 0 Å². The Morgan fingerprint density at radius 2 is 2.14 bits per heavy atom. The number of nitrogens with zero attached hydrogens (tertiary/aromatic N) is 1. The van der Waals surface area contributed by atoms with Crippen molar-refractivity contribution in [1.29, 1.82) is 0 Å². The molecule has 1 amide bonds. The third-order valence-corrected chi connectivity index (χ3v) is 3.45. The maximum atomic E-state index is 11.6. The van der Waals surface area contributed by atoms with Gasteiger partial charge in [0.2, 0.25) is 5.91 Å². The van der Waals surface area contributed by atoms with E-state index in [0.717, 1.165) is 24.3 Å². The number of ether oxygens (including phenoxy) is 1. The first kappa shape index (κ1) is 17.8. The summed E-state index contributed by atoms with van der Waals surface area (Å²) in [6.07, 6.45) is 1.43. The molecule has 1 aromatic carbocycles. The molecular formula is C16H25ClN2O2. The Bertz CT molecular complexity index is 464. The van der Waals surface area contributed by atoms with Crippen molar-refractivity contribution in [3.8, 4) is 5.75 Å². The zero-order valence-electron chi connectivity index (χ0n) is 13.3. The average Bonchev–Trinajstić information content (AvgIpc) is 2.45. The summed E-state index contributed by atoms with van der Waals surface area (Å²) in [5, 5.41) is 4.11. The monoisotopic (exact) mass is 312 g/mol. The number of hydrogen-bond donors (Lipinski definition) is 1. The zero-order chi connectivity index (χ0) is 15.8. The van der Waals surface area contributed by atoms with E-state index in [1.807, 2.05) is 12.1 Å². The van der Waals surface area contributed by atoms with Gasteiger partial charge >= 0.3 is 0 Å². The Morgan fingerprint density at radius 3 is 2.76 bits per heavy atom. The van der Waals surface area contributed by atoms with Crippen LogP contribution in [0.3, 0.4) is 0 Å². The standard InChI is InChI=1S/C16H25ClN2O2/c1-5-9-18-12(2)14-11-13(17)6-7-15(14)21-10-8-16(20)19(3)4/h6-7,11-12,18H,5,8-10H2,1-4H3. The molecule has 0 saturated heterocycles. The highest BCUT2D eigenvalue weighted by Crippen LogP contribution is 2.28. The van der Waals surface area contributed by atoms with Gasteiger partial charge in [-0.1, -0.05) is 18.5 Å². The molecule has 118 valence electrons. The second-order valence-electron chi connectivity index (χ2n) is 5.24. The van der Waals surface area contributed by atoms with E-state index in [1.165, 1.54) is 0 Å². The van der Waals surface area contributed by atoms with Crippen molar-refractivity contribution in [2.75, 3.05) is 27.2 Å². The smallest absolute Gasteiger partial charge is 0.225 e. The molecule has 0 spiro atoms. The van der Waals surface area contributed by atoms with Gasteiger partial charge in [0.05, 0.1) is 13.0 Å². The molecule has 1 N–H and O–H groups in total. The van der Waals surface area contributed by atoms with E-state index in [1.54, 1.807) is 25.1 Å². The van der Waals surface area contributed by atoms with E-state index in [4.69, 9.17) is 16.3 Å². The van der Waals surface area contributed by atoms with E-state index in [-0.39, 0.29) is 11.9 Å². The van der Waals surface area contributed by atoms with Crippen LogP contribution < -0.4 is 10.1 Å². The third-order valence-electron chi connectivity index (χ3n) is 3.21. The van der Waals surface area contributed by atoms with Crippen LogP contribution in [0.1, 0.15) is 38.3 Å². The van der Waals surface area contributed by atoms with Crippen molar-refractivity contribution < 1.29 is 9.53 Å². The highest BCUT2D eigenvalue weighted by molar-refractivity contribution is 6.30. The highest BCUT2D eigenvalue weighted by atomic mass is 35.5. The Kier molecular flexibility index (Phi) is 7.54. The molecule has 1 unspecified atom stereocenters. The van der Waals surface area contributed by atoms with E-state index in [2.05, 4.69) is 19.2 Å². The van der Waals surface area contributed by atoms with E-state index >= 15 is 0 Å². The Balaban J connectivity index is 2.70. The molecule has 0 aliphatic rings.